The Bertz CT molecular complexity index is 936. The third kappa shape index (κ3) is 2.05. The van der Waals surface area contributed by atoms with Crippen molar-refractivity contribution in [1.29, 1.82) is 0 Å². The molecule has 0 saturated carbocycles. The number of nitrogens with zero attached hydrogens (tertiary/aromatic N) is 3. The van der Waals surface area contributed by atoms with Gasteiger partial charge in [0.1, 0.15) is 0 Å². The van der Waals surface area contributed by atoms with E-state index in [-0.39, 0.29) is 0 Å². The van der Waals surface area contributed by atoms with Crippen molar-refractivity contribution in [2.75, 3.05) is 13.1 Å². The van der Waals surface area contributed by atoms with Crippen molar-refractivity contribution in [2.24, 2.45) is 0 Å². The average Bonchev–Trinajstić information content (AvgIpc) is 3.16. The Labute approximate surface area is 142 Å². The summed E-state index contributed by atoms with van der Waals surface area (Å²) in [6.07, 6.45) is 7.34. The van der Waals surface area contributed by atoms with E-state index >= 15 is 0 Å². The van der Waals surface area contributed by atoms with Crippen LogP contribution in [-0.4, -0.2) is 27.5 Å². The van der Waals surface area contributed by atoms with Crippen LogP contribution in [0.5, 0.6) is 0 Å². The normalized spacial score (nSPS) is 22.8. The molecule has 3 heteroatoms. The van der Waals surface area contributed by atoms with Crippen LogP contribution in [0.15, 0.2) is 48.8 Å². The van der Waals surface area contributed by atoms with Gasteiger partial charge < -0.3 is 4.57 Å². The first-order valence-electron chi connectivity index (χ1n) is 8.74. The molecule has 0 spiro atoms. The fourth-order valence-electron chi connectivity index (χ4n) is 4.41. The maximum absolute atomic E-state index is 4.14. The highest BCUT2D eigenvalue weighted by Gasteiger charge is 2.35. The van der Waals surface area contributed by atoms with Crippen molar-refractivity contribution in [1.82, 2.24) is 14.5 Å². The Morgan fingerprint density at radius 3 is 2.88 bits per heavy atom. The molecule has 0 radical (unpaired) electrons. The molecule has 2 aliphatic heterocycles. The lowest BCUT2D eigenvalue weighted by molar-refractivity contribution is 0.313. The van der Waals surface area contributed by atoms with Crippen molar-refractivity contribution in [3.05, 3.63) is 65.6 Å². The van der Waals surface area contributed by atoms with Gasteiger partial charge in [-0.25, -0.2) is 0 Å². The van der Waals surface area contributed by atoms with E-state index in [1.807, 2.05) is 12.4 Å². The lowest BCUT2D eigenvalue weighted by atomic mass is 9.97. The first-order valence-corrected chi connectivity index (χ1v) is 8.74. The third-order valence-corrected chi connectivity index (χ3v) is 5.56. The van der Waals surface area contributed by atoms with Gasteiger partial charge in [0, 0.05) is 48.7 Å². The van der Waals surface area contributed by atoms with Crippen LogP contribution in [0.4, 0.5) is 0 Å². The van der Waals surface area contributed by atoms with E-state index in [0.717, 1.165) is 6.54 Å². The summed E-state index contributed by atoms with van der Waals surface area (Å²) in [5.74, 6) is 0.669. The molecule has 0 aliphatic carbocycles. The lowest BCUT2D eigenvalue weighted by Gasteiger charge is -2.24. The van der Waals surface area contributed by atoms with Gasteiger partial charge in [-0.3, -0.25) is 9.88 Å². The highest BCUT2D eigenvalue weighted by Crippen LogP contribution is 2.41. The van der Waals surface area contributed by atoms with Gasteiger partial charge in [-0.15, -0.1) is 0 Å². The summed E-state index contributed by atoms with van der Waals surface area (Å²) in [5.41, 5.74) is 6.93. The van der Waals surface area contributed by atoms with Gasteiger partial charge in [-0.2, -0.15) is 0 Å². The second kappa shape index (κ2) is 5.32. The molecular weight excluding hydrogens is 294 g/mol. The van der Waals surface area contributed by atoms with Crippen LogP contribution in [0.2, 0.25) is 0 Å². The summed E-state index contributed by atoms with van der Waals surface area (Å²) in [5, 5.41) is 1.42. The molecule has 4 heterocycles. The number of hydrogen-bond donors (Lipinski definition) is 0. The minimum Gasteiger partial charge on any atom is -0.319 e. The summed E-state index contributed by atoms with van der Waals surface area (Å²) < 4.78 is 2.47. The number of pyridine rings is 1. The number of para-hydroxylation sites is 1. The molecule has 5 rings (SSSR count). The van der Waals surface area contributed by atoms with Crippen LogP contribution < -0.4 is 0 Å². The maximum atomic E-state index is 4.14. The van der Waals surface area contributed by atoms with E-state index in [4.69, 9.17) is 0 Å². The summed E-state index contributed by atoms with van der Waals surface area (Å²) in [6.45, 7) is 5.74. The second-order valence-electron chi connectivity index (χ2n) is 7.02. The highest BCUT2D eigenvalue weighted by molar-refractivity contribution is 5.90. The van der Waals surface area contributed by atoms with Crippen molar-refractivity contribution in [3.63, 3.8) is 0 Å². The minimum atomic E-state index is 0.669. The first kappa shape index (κ1) is 14.0. The third-order valence-electron chi connectivity index (χ3n) is 5.56. The summed E-state index contributed by atoms with van der Waals surface area (Å²) in [7, 11) is 0. The van der Waals surface area contributed by atoms with E-state index in [1.54, 1.807) is 5.69 Å². The van der Waals surface area contributed by atoms with Crippen LogP contribution in [-0.2, 0) is 6.54 Å². The van der Waals surface area contributed by atoms with Crippen LogP contribution in [0.3, 0.4) is 0 Å². The number of fused-ring (bicyclic) bond motifs is 6. The molecule has 2 aliphatic rings. The van der Waals surface area contributed by atoms with Crippen molar-refractivity contribution in [2.45, 2.75) is 25.8 Å². The van der Waals surface area contributed by atoms with Gasteiger partial charge >= 0.3 is 0 Å². The van der Waals surface area contributed by atoms with Gasteiger partial charge in [0.2, 0.25) is 0 Å². The number of aromatic nitrogens is 2. The van der Waals surface area contributed by atoms with E-state index in [9.17, 15) is 0 Å². The zero-order valence-electron chi connectivity index (χ0n) is 13.9. The number of hydrogen-bond acceptors (Lipinski definition) is 2. The molecule has 0 amide bonds. The summed E-state index contributed by atoms with van der Waals surface area (Å²) >= 11 is 0. The predicted octanol–water partition coefficient (Wildman–Crippen LogP) is 4.36. The molecule has 1 aromatic carbocycles. The highest BCUT2D eigenvalue weighted by atomic mass is 15.2. The standard InChI is InChI=1S/C21H21N3/c1-15(16-6-9-22-10-7-16)12-24-20-5-3-2-4-18(20)19-14-23-11-8-17(13-23)21(19)24/h2-7,9-10,12,17H,8,11,13-14H2,1H3/b15-12+. The van der Waals surface area contributed by atoms with Crippen LogP contribution in [0, 0.1) is 0 Å². The summed E-state index contributed by atoms with van der Waals surface area (Å²) in [6, 6.07) is 13.0. The molecule has 120 valence electrons. The van der Waals surface area contributed by atoms with Crippen LogP contribution in [0.25, 0.3) is 22.7 Å². The Hall–Kier alpha value is -2.39. The molecule has 2 atom stereocenters. The first-order chi connectivity index (χ1) is 11.8. The van der Waals surface area contributed by atoms with Crippen LogP contribution >= 0.6 is 0 Å². The molecule has 2 unspecified atom stereocenters. The molecule has 0 N–H and O–H groups in total. The minimum absolute atomic E-state index is 0.669. The van der Waals surface area contributed by atoms with E-state index in [2.05, 4.69) is 64.0 Å². The fourth-order valence-corrected chi connectivity index (χ4v) is 4.41. The monoisotopic (exact) mass is 315 g/mol. The Balaban J connectivity index is 1.74. The predicted molar refractivity (Wildman–Crippen MR) is 98.7 cm³/mol. The van der Waals surface area contributed by atoms with Gasteiger partial charge in [0.15, 0.2) is 0 Å². The quantitative estimate of drug-likeness (QED) is 0.701. The summed E-state index contributed by atoms with van der Waals surface area (Å²) in [4.78, 5) is 6.74. The van der Waals surface area contributed by atoms with E-state index in [1.165, 1.54) is 47.1 Å². The van der Waals surface area contributed by atoms with Crippen molar-refractivity contribution >= 4 is 22.7 Å². The molecule has 1 fully saturated rings. The fraction of sp³-hybridized carbons (Fsp3) is 0.286. The van der Waals surface area contributed by atoms with E-state index < -0.39 is 0 Å². The molecule has 24 heavy (non-hydrogen) atoms. The van der Waals surface area contributed by atoms with E-state index in [0.29, 0.717) is 5.92 Å². The molecular formula is C21H21N3. The smallest absolute Gasteiger partial charge is 0.0528 e. The van der Waals surface area contributed by atoms with Crippen molar-refractivity contribution in [3.8, 4) is 0 Å². The number of rotatable bonds is 2. The Morgan fingerprint density at radius 1 is 1.17 bits per heavy atom. The van der Waals surface area contributed by atoms with Gasteiger partial charge in [-0.1, -0.05) is 18.2 Å². The number of allylic oxidation sites excluding steroid dienone is 1. The molecule has 2 aromatic heterocycles. The molecule has 3 aromatic rings. The van der Waals surface area contributed by atoms with Gasteiger partial charge in [-0.05, 0) is 54.8 Å². The lowest BCUT2D eigenvalue weighted by Crippen LogP contribution is -2.25. The molecule has 1 saturated heterocycles. The Kier molecular flexibility index (Phi) is 3.10. The van der Waals surface area contributed by atoms with Gasteiger partial charge in [0.05, 0.1) is 5.52 Å². The van der Waals surface area contributed by atoms with Crippen LogP contribution in [0.1, 0.15) is 36.1 Å². The zero-order chi connectivity index (χ0) is 16.1. The van der Waals surface area contributed by atoms with Gasteiger partial charge in [0.25, 0.3) is 0 Å². The molecule has 3 nitrogen and oxygen atoms in total. The topological polar surface area (TPSA) is 21.1 Å². The molecule has 2 bridgehead atoms. The average molecular weight is 315 g/mol. The SMILES string of the molecule is C/C(=C\n1c2c(c3ccccc31)CN1CCC2C1)c1ccncc1. The Morgan fingerprint density at radius 2 is 2.00 bits per heavy atom. The largest absolute Gasteiger partial charge is 0.319 e. The zero-order valence-corrected chi connectivity index (χ0v) is 13.9. The second-order valence-corrected chi connectivity index (χ2v) is 7.02. The van der Waals surface area contributed by atoms with Crippen molar-refractivity contribution < 1.29 is 0 Å². The maximum Gasteiger partial charge on any atom is 0.0528 e. The number of benzene rings is 1.